The number of thioether (sulfide) groups is 1. The molecule has 172 valence electrons. The van der Waals surface area contributed by atoms with Crippen LogP contribution in [0.4, 0.5) is 0 Å². The largest absolute Gasteiger partial charge is 0.383 e. The lowest BCUT2D eigenvalue weighted by molar-refractivity contribution is -0.123. The van der Waals surface area contributed by atoms with E-state index in [-0.39, 0.29) is 11.9 Å². The molecule has 4 saturated carbocycles. The Balaban J connectivity index is 1.23. The van der Waals surface area contributed by atoms with Crippen molar-refractivity contribution in [3.63, 3.8) is 0 Å². The standard InChI is InChI=1S/C24H33N5O2S/c1-16(24-12-17-9-18(13-24)11-19(10-17)14-24)26-21(30)15-32-23-28-27-22(29(23)7-8-31-2)20-3-5-25-6-4-20/h3-6,16-19H,7-15H2,1-2H3,(H,26,30)/t16-,17?,18?,19?,24?/m1/s1. The van der Waals surface area contributed by atoms with E-state index in [4.69, 9.17) is 4.74 Å². The predicted octanol–water partition coefficient (Wildman–Crippen LogP) is 3.80. The number of pyridine rings is 1. The van der Waals surface area contributed by atoms with Gasteiger partial charge in [-0.3, -0.25) is 14.3 Å². The Kier molecular flexibility index (Phi) is 6.25. The number of methoxy groups -OCH3 is 1. The monoisotopic (exact) mass is 455 g/mol. The summed E-state index contributed by atoms with van der Waals surface area (Å²) < 4.78 is 7.31. The first kappa shape index (κ1) is 21.9. The summed E-state index contributed by atoms with van der Waals surface area (Å²) in [7, 11) is 1.68. The summed E-state index contributed by atoms with van der Waals surface area (Å²) in [6.45, 7) is 3.42. The first-order valence-electron chi connectivity index (χ1n) is 11.8. The van der Waals surface area contributed by atoms with Crippen LogP contribution >= 0.6 is 11.8 Å². The highest BCUT2D eigenvalue weighted by Crippen LogP contribution is 2.61. The zero-order valence-electron chi connectivity index (χ0n) is 19.0. The Morgan fingerprint density at radius 3 is 2.47 bits per heavy atom. The second-order valence-electron chi connectivity index (χ2n) is 10.0. The molecule has 8 heteroatoms. The molecule has 0 spiro atoms. The number of carbonyl (C=O) groups is 1. The molecule has 1 N–H and O–H groups in total. The molecule has 1 atom stereocenters. The number of aromatic nitrogens is 4. The zero-order valence-corrected chi connectivity index (χ0v) is 19.8. The number of amides is 1. The maximum atomic E-state index is 12.9. The van der Waals surface area contributed by atoms with Gasteiger partial charge in [-0.1, -0.05) is 11.8 Å². The van der Waals surface area contributed by atoms with Gasteiger partial charge in [0.15, 0.2) is 11.0 Å². The summed E-state index contributed by atoms with van der Waals surface area (Å²) >= 11 is 1.45. The molecule has 4 aliphatic carbocycles. The van der Waals surface area contributed by atoms with Crippen molar-refractivity contribution in [2.45, 2.75) is 63.2 Å². The molecular formula is C24H33N5O2S. The Labute approximate surface area is 194 Å². The van der Waals surface area contributed by atoms with Gasteiger partial charge >= 0.3 is 0 Å². The first-order valence-corrected chi connectivity index (χ1v) is 12.8. The van der Waals surface area contributed by atoms with Crippen LogP contribution in [0, 0.1) is 23.2 Å². The van der Waals surface area contributed by atoms with E-state index in [1.807, 2.05) is 16.7 Å². The molecule has 0 unspecified atom stereocenters. The van der Waals surface area contributed by atoms with Crippen molar-refractivity contribution in [1.82, 2.24) is 25.1 Å². The van der Waals surface area contributed by atoms with Crippen molar-refractivity contribution >= 4 is 17.7 Å². The molecule has 2 aromatic heterocycles. The van der Waals surface area contributed by atoms with Crippen LogP contribution in [-0.4, -0.2) is 51.2 Å². The highest BCUT2D eigenvalue weighted by molar-refractivity contribution is 7.99. The van der Waals surface area contributed by atoms with Crippen LogP contribution in [0.5, 0.6) is 0 Å². The van der Waals surface area contributed by atoms with Crippen LogP contribution in [0.25, 0.3) is 11.4 Å². The third kappa shape index (κ3) is 4.31. The molecule has 2 heterocycles. The number of hydrogen-bond donors (Lipinski definition) is 1. The molecule has 2 aromatic rings. The lowest BCUT2D eigenvalue weighted by Crippen LogP contribution is -2.56. The van der Waals surface area contributed by atoms with Gasteiger partial charge in [0.1, 0.15) is 0 Å². The third-order valence-corrected chi connectivity index (χ3v) is 8.86. The fourth-order valence-corrected chi connectivity index (χ4v) is 7.54. The van der Waals surface area contributed by atoms with Crippen LogP contribution in [0.3, 0.4) is 0 Å². The Hall–Kier alpha value is -1.93. The number of ether oxygens (including phenoxy) is 1. The average molecular weight is 456 g/mol. The Morgan fingerprint density at radius 1 is 1.19 bits per heavy atom. The molecule has 4 fully saturated rings. The van der Waals surface area contributed by atoms with Crippen molar-refractivity contribution in [3.05, 3.63) is 24.5 Å². The molecule has 4 aliphatic rings. The number of nitrogens with one attached hydrogen (secondary N) is 1. The molecule has 1 amide bonds. The van der Waals surface area contributed by atoms with Crippen LogP contribution < -0.4 is 5.32 Å². The highest BCUT2D eigenvalue weighted by atomic mass is 32.2. The van der Waals surface area contributed by atoms with Crippen molar-refractivity contribution < 1.29 is 9.53 Å². The molecule has 32 heavy (non-hydrogen) atoms. The molecule has 0 aliphatic heterocycles. The van der Waals surface area contributed by atoms with Crippen LogP contribution in [-0.2, 0) is 16.1 Å². The van der Waals surface area contributed by atoms with E-state index < -0.39 is 0 Å². The first-order chi connectivity index (χ1) is 15.6. The van der Waals surface area contributed by atoms with Crippen molar-refractivity contribution in [3.8, 4) is 11.4 Å². The van der Waals surface area contributed by atoms with E-state index in [1.54, 1.807) is 19.5 Å². The smallest absolute Gasteiger partial charge is 0.230 e. The zero-order chi connectivity index (χ0) is 22.1. The normalized spacial score (nSPS) is 29.2. The molecule has 4 bridgehead atoms. The van der Waals surface area contributed by atoms with Gasteiger partial charge in [-0.05, 0) is 80.8 Å². The summed E-state index contributed by atoms with van der Waals surface area (Å²) in [6.07, 6.45) is 11.7. The van der Waals surface area contributed by atoms with Gasteiger partial charge in [0.2, 0.25) is 5.91 Å². The highest BCUT2D eigenvalue weighted by Gasteiger charge is 2.53. The molecule has 0 aromatic carbocycles. The fraction of sp³-hybridized carbons (Fsp3) is 0.667. The SMILES string of the molecule is COCCn1c(SCC(=O)N[C@H](C)C23CC4CC(CC(C4)C2)C3)nnc1-c1ccncc1. The molecular weight excluding hydrogens is 422 g/mol. The van der Waals surface area contributed by atoms with E-state index in [9.17, 15) is 4.79 Å². The molecule has 6 rings (SSSR count). The minimum atomic E-state index is 0.0880. The van der Waals surface area contributed by atoms with Crippen LogP contribution in [0.15, 0.2) is 29.7 Å². The quantitative estimate of drug-likeness (QED) is 0.579. The second-order valence-corrected chi connectivity index (χ2v) is 11.0. The number of hydrogen-bond acceptors (Lipinski definition) is 6. The van der Waals surface area contributed by atoms with Gasteiger partial charge in [-0.2, -0.15) is 0 Å². The summed E-state index contributed by atoms with van der Waals surface area (Å²) in [4.78, 5) is 17.0. The van der Waals surface area contributed by atoms with Gasteiger partial charge in [0.25, 0.3) is 0 Å². The fourth-order valence-electron chi connectivity index (χ4n) is 6.77. The third-order valence-electron chi connectivity index (χ3n) is 7.89. The van der Waals surface area contributed by atoms with Crippen LogP contribution in [0.1, 0.15) is 45.4 Å². The van der Waals surface area contributed by atoms with Gasteiger partial charge < -0.3 is 10.1 Å². The summed E-state index contributed by atoms with van der Waals surface area (Å²) in [5.41, 5.74) is 1.28. The van der Waals surface area contributed by atoms with Gasteiger partial charge in [0, 0.05) is 31.1 Å². The van der Waals surface area contributed by atoms with E-state index in [0.29, 0.717) is 24.3 Å². The Morgan fingerprint density at radius 2 is 1.84 bits per heavy atom. The van der Waals surface area contributed by atoms with Gasteiger partial charge in [0.05, 0.1) is 18.9 Å². The molecule has 0 saturated heterocycles. The molecule has 0 radical (unpaired) electrons. The van der Waals surface area contributed by atoms with Crippen LogP contribution in [0.2, 0.25) is 0 Å². The van der Waals surface area contributed by atoms with E-state index in [0.717, 1.165) is 34.3 Å². The Bertz CT molecular complexity index is 912. The van der Waals surface area contributed by atoms with Crippen molar-refractivity contribution in [2.24, 2.45) is 23.2 Å². The number of rotatable bonds is 9. The second kappa shape index (κ2) is 9.14. The van der Waals surface area contributed by atoms with Crippen molar-refractivity contribution in [2.75, 3.05) is 19.5 Å². The maximum Gasteiger partial charge on any atom is 0.230 e. The van der Waals surface area contributed by atoms with Crippen molar-refractivity contribution in [1.29, 1.82) is 0 Å². The lowest BCUT2D eigenvalue weighted by Gasteiger charge is -2.59. The number of nitrogens with zero attached hydrogens (tertiary/aromatic N) is 4. The molecule has 7 nitrogen and oxygen atoms in total. The van der Waals surface area contributed by atoms with E-state index >= 15 is 0 Å². The van der Waals surface area contributed by atoms with Gasteiger partial charge in [-0.25, -0.2) is 0 Å². The minimum Gasteiger partial charge on any atom is -0.383 e. The minimum absolute atomic E-state index is 0.0880. The summed E-state index contributed by atoms with van der Waals surface area (Å²) in [5, 5.41) is 12.9. The number of carbonyl (C=O) groups excluding carboxylic acids is 1. The lowest BCUT2D eigenvalue weighted by atomic mass is 9.48. The summed E-state index contributed by atoms with van der Waals surface area (Å²) in [5.74, 6) is 3.88. The van der Waals surface area contributed by atoms with E-state index in [2.05, 4.69) is 27.4 Å². The predicted molar refractivity (Wildman–Crippen MR) is 124 cm³/mol. The topological polar surface area (TPSA) is 81.9 Å². The average Bonchev–Trinajstić information content (AvgIpc) is 3.18. The maximum absolute atomic E-state index is 12.9. The van der Waals surface area contributed by atoms with Gasteiger partial charge in [-0.15, -0.1) is 10.2 Å². The van der Waals surface area contributed by atoms with E-state index in [1.165, 1.54) is 50.3 Å². The summed E-state index contributed by atoms with van der Waals surface area (Å²) in [6, 6.07) is 4.08.